The van der Waals surface area contributed by atoms with Gasteiger partial charge in [0.15, 0.2) is 5.82 Å². The van der Waals surface area contributed by atoms with Gasteiger partial charge in [-0.05, 0) is 36.1 Å². The van der Waals surface area contributed by atoms with Gasteiger partial charge in [-0.2, -0.15) is 11.8 Å². The van der Waals surface area contributed by atoms with Crippen molar-refractivity contribution in [3.63, 3.8) is 0 Å². The van der Waals surface area contributed by atoms with E-state index in [1.807, 2.05) is 16.4 Å². The molecule has 0 bridgehead atoms. The standard InChI is InChI=1S/C10H21N5S/c1-4-6-11-8-10-12-13-14-15(10)7-5-9(2)16-3/h9,11H,4-8H2,1-3H3. The summed E-state index contributed by atoms with van der Waals surface area (Å²) in [6.45, 7) is 7.04. The van der Waals surface area contributed by atoms with Gasteiger partial charge in [-0.3, -0.25) is 0 Å². The smallest absolute Gasteiger partial charge is 0.165 e. The zero-order valence-electron chi connectivity index (χ0n) is 10.3. The second kappa shape index (κ2) is 7.62. The Kier molecular flexibility index (Phi) is 6.40. The van der Waals surface area contributed by atoms with Crippen molar-refractivity contribution in [3.8, 4) is 0 Å². The Hall–Kier alpha value is -0.620. The summed E-state index contributed by atoms with van der Waals surface area (Å²) in [6.07, 6.45) is 4.37. The van der Waals surface area contributed by atoms with Crippen LogP contribution in [0.5, 0.6) is 0 Å². The summed E-state index contributed by atoms with van der Waals surface area (Å²) in [5.41, 5.74) is 0. The van der Waals surface area contributed by atoms with Crippen LogP contribution in [0, 0.1) is 0 Å². The Morgan fingerprint density at radius 1 is 1.50 bits per heavy atom. The second-order valence-corrected chi connectivity index (χ2v) is 5.11. The molecule has 0 amide bonds. The van der Waals surface area contributed by atoms with Crippen LogP contribution in [0.2, 0.25) is 0 Å². The summed E-state index contributed by atoms with van der Waals surface area (Å²) in [5, 5.41) is 15.7. The molecule has 0 radical (unpaired) electrons. The summed E-state index contributed by atoms with van der Waals surface area (Å²) in [7, 11) is 0. The van der Waals surface area contributed by atoms with E-state index in [-0.39, 0.29) is 0 Å². The Labute approximate surface area is 101 Å². The third-order valence-electron chi connectivity index (χ3n) is 2.47. The van der Waals surface area contributed by atoms with Crippen LogP contribution in [0.15, 0.2) is 0 Å². The monoisotopic (exact) mass is 243 g/mol. The Balaban J connectivity index is 2.37. The fraction of sp³-hybridized carbons (Fsp3) is 0.900. The van der Waals surface area contributed by atoms with Gasteiger partial charge in [0.2, 0.25) is 0 Å². The molecule has 0 saturated heterocycles. The number of tetrazole rings is 1. The lowest BCUT2D eigenvalue weighted by Gasteiger charge is -2.09. The third kappa shape index (κ3) is 4.49. The van der Waals surface area contributed by atoms with Crippen molar-refractivity contribution in [2.75, 3.05) is 12.8 Å². The van der Waals surface area contributed by atoms with E-state index in [0.717, 1.165) is 38.3 Å². The topological polar surface area (TPSA) is 55.6 Å². The van der Waals surface area contributed by atoms with Gasteiger partial charge in [-0.1, -0.05) is 13.8 Å². The predicted molar refractivity (Wildman–Crippen MR) is 67.4 cm³/mol. The fourth-order valence-electron chi connectivity index (χ4n) is 1.32. The number of aryl methyl sites for hydroxylation is 1. The highest BCUT2D eigenvalue weighted by atomic mass is 32.2. The molecular weight excluding hydrogens is 222 g/mol. The van der Waals surface area contributed by atoms with Crippen LogP contribution < -0.4 is 5.32 Å². The minimum absolute atomic E-state index is 0.653. The van der Waals surface area contributed by atoms with Crippen molar-refractivity contribution in [2.45, 2.75) is 45.0 Å². The van der Waals surface area contributed by atoms with E-state index in [2.05, 4.69) is 40.9 Å². The van der Waals surface area contributed by atoms with Crippen molar-refractivity contribution in [2.24, 2.45) is 0 Å². The average molecular weight is 243 g/mol. The van der Waals surface area contributed by atoms with Crippen LogP contribution in [0.3, 0.4) is 0 Å². The highest BCUT2D eigenvalue weighted by molar-refractivity contribution is 7.99. The molecule has 0 aliphatic heterocycles. The van der Waals surface area contributed by atoms with E-state index >= 15 is 0 Å². The zero-order valence-corrected chi connectivity index (χ0v) is 11.1. The Morgan fingerprint density at radius 2 is 2.31 bits per heavy atom. The van der Waals surface area contributed by atoms with Crippen molar-refractivity contribution in [1.29, 1.82) is 0 Å². The number of hydrogen-bond donors (Lipinski definition) is 1. The van der Waals surface area contributed by atoms with Crippen LogP contribution in [0.4, 0.5) is 0 Å². The van der Waals surface area contributed by atoms with Crippen LogP contribution in [0.25, 0.3) is 0 Å². The van der Waals surface area contributed by atoms with Gasteiger partial charge >= 0.3 is 0 Å². The lowest BCUT2D eigenvalue weighted by molar-refractivity contribution is 0.520. The van der Waals surface area contributed by atoms with Gasteiger partial charge in [-0.25, -0.2) is 4.68 Å². The average Bonchev–Trinajstić information content (AvgIpc) is 2.74. The lowest BCUT2D eigenvalue weighted by Crippen LogP contribution is -2.19. The van der Waals surface area contributed by atoms with E-state index in [4.69, 9.17) is 0 Å². The Morgan fingerprint density at radius 3 is 3.00 bits per heavy atom. The summed E-state index contributed by atoms with van der Waals surface area (Å²) in [6, 6.07) is 0. The Bertz CT molecular complexity index is 288. The molecule has 0 saturated carbocycles. The number of nitrogens with one attached hydrogen (secondary N) is 1. The van der Waals surface area contributed by atoms with E-state index in [1.54, 1.807) is 0 Å². The first-order valence-electron chi connectivity index (χ1n) is 5.76. The molecule has 0 aromatic carbocycles. The minimum Gasteiger partial charge on any atom is -0.310 e. The van der Waals surface area contributed by atoms with Crippen LogP contribution in [-0.2, 0) is 13.1 Å². The van der Waals surface area contributed by atoms with Gasteiger partial charge in [0.05, 0.1) is 6.54 Å². The van der Waals surface area contributed by atoms with E-state index in [9.17, 15) is 0 Å². The zero-order chi connectivity index (χ0) is 11.8. The number of thioether (sulfide) groups is 1. The largest absolute Gasteiger partial charge is 0.310 e. The molecule has 1 unspecified atom stereocenters. The normalized spacial score (nSPS) is 12.9. The molecule has 92 valence electrons. The van der Waals surface area contributed by atoms with Crippen LogP contribution in [0.1, 0.15) is 32.5 Å². The summed E-state index contributed by atoms with van der Waals surface area (Å²) < 4.78 is 1.90. The van der Waals surface area contributed by atoms with Crippen molar-refractivity contribution in [3.05, 3.63) is 5.82 Å². The number of aromatic nitrogens is 4. The lowest BCUT2D eigenvalue weighted by atomic mass is 10.3. The van der Waals surface area contributed by atoms with Crippen molar-refractivity contribution < 1.29 is 0 Å². The minimum atomic E-state index is 0.653. The first-order chi connectivity index (χ1) is 7.77. The van der Waals surface area contributed by atoms with Gasteiger partial charge in [0.1, 0.15) is 0 Å². The molecule has 0 aliphatic rings. The van der Waals surface area contributed by atoms with E-state index in [1.165, 1.54) is 0 Å². The van der Waals surface area contributed by atoms with E-state index in [0.29, 0.717) is 5.25 Å². The van der Waals surface area contributed by atoms with Gasteiger partial charge in [-0.15, -0.1) is 5.10 Å². The first kappa shape index (κ1) is 13.4. The maximum Gasteiger partial charge on any atom is 0.165 e. The molecule has 1 rings (SSSR count). The highest BCUT2D eigenvalue weighted by Gasteiger charge is 2.06. The van der Waals surface area contributed by atoms with Gasteiger partial charge in [0.25, 0.3) is 0 Å². The number of nitrogens with zero attached hydrogens (tertiary/aromatic N) is 4. The fourth-order valence-corrected chi connectivity index (χ4v) is 1.66. The molecular formula is C10H21N5S. The molecule has 1 heterocycles. The van der Waals surface area contributed by atoms with Crippen LogP contribution >= 0.6 is 11.8 Å². The third-order valence-corrected chi connectivity index (χ3v) is 3.51. The molecule has 0 aliphatic carbocycles. The van der Waals surface area contributed by atoms with E-state index < -0.39 is 0 Å². The number of hydrogen-bond acceptors (Lipinski definition) is 5. The second-order valence-electron chi connectivity index (χ2n) is 3.83. The van der Waals surface area contributed by atoms with Crippen molar-refractivity contribution >= 4 is 11.8 Å². The molecule has 0 fully saturated rings. The maximum absolute atomic E-state index is 4.02. The first-order valence-corrected chi connectivity index (χ1v) is 7.05. The quantitative estimate of drug-likeness (QED) is 0.698. The molecule has 0 spiro atoms. The summed E-state index contributed by atoms with van der Waals surface area (Å²) >= 11 is 1.88. The molecule has 1 aromatic rings. The predicted octanol–water partition coefficient (Wildman–Crippen LogP) is 1.31. The van der Waals surface area contributed by atoms with Gasteiger partial charge in [0, 0.05) is 11.8 Å². The molecule has 1 N–H and O–H groups in total. The molecule has 1 atom stereocenters. The number of rotatable bonds is 8. The molecule has 5 nitrogen and oxygen atoms in total. The SMILES string of the molecule is CCCNCc1nnnn1CCC(C)SC. The molecule has 1 aromatic heterocycles. The van der Waals surface area contributed by atoms with Gasteiger partial charge < -0.3 is 5.32 Å². The maximum atomic E-state index is 4.02. The summed E-state index contributed by atoms with van der Waals surface area (Å²) in [4.78, 5) is 0. The van der Waals surface area contributed by atoms with Crippen molar-refractivity contribution in [1.82, 2.24) is 25.5 Å². The molecule has 16 heavy (non-hydrogen) atoms. The van der Waals surface area contributed by atoms with Crippen LogP contribution in [-0.4, -0.2) is 38.3 Å². The summed E-state index contributed by atoms with van der Waals surface area (Å²) in [5.74, 6) is 0.932. The highest BCUT2D eigenvalue weighted by Crippen LogP contribution is 2.10. The molecule has 6 heteroatoms.